The van der Waals surface area contributed by atoms with Gasteiger partial charge in [-0.2, -0.15) is 0 Å². The molecule has 0 aromatic carbocycles. The SMILES string of the molecule is [O]=[Nb](=[O])(=[O])(=[O])=[O]. The third-order valence-corrected chi connectivity index (χ3v) is 0. The third-order valence-electron chi connectivity index (χ3n) is 0. The molecule has 0 amide bonds. The summed E-state index contributed by atoms with van der Waals surface area (Å²) in [4.78, 5) is 0. The Bertz CT molecular complexity index is 274. The fourth-order valence-electron chi connectivity index (χ4n) is 0. The van der Waals surface area contributed by atoms with Crippen LogP contribution in [0.15, 0.2) is 0 Å². The van der Waals surface area contributed by atoms with Crippen molar-refractivity contribution in [2.24, 2.45) is 0 Å². The fourth-order valence-corrected chi connectivity index (χ4v) is 0. The van der Waals surface area contributed by atoms with Crippen LogP contribution in [0.25, 0.3) is 0 Å². The quantitative estimate of drug-likeness (QED) is 0.456. The van der Waals surface area contributed by atoms with Crippen molar-refractivity contribution in [1.29, 1.82) is 0 Å². The van der Waals surface area contributed by atoms with Gasteiger partial charge in [-0.25, -0.2) is 0 Å². The van der Waals surface area contributed by atoms with Crippen LogP contribution < -0.4 is 0 Å². The van der Waals surface area contributed by atoms with Crippen molar-refractivity contribution < 1.29 is 31.9 Å². The molecule has 35 valence electrons. The number of hydrogen-bond acceptors (Lipinski definition) is 5. The molecular formula is NbO5. The average molecular weight is 173 g/mol. The molecule has 0 unspecified atom stereocenters. The molecule has 6 heavy (non-hydrogen) atoms. The van der Waals surface area contributed by atoms with Gasteiger partial charge < -0.3 is 0 Å². The van der Waals surface area contributed by atoms with Gasteiger partial charge >= 0.3 is 31.9 Å². The van der Waals surface area contributed by atoms with Crippen LogP contribution in [-0.4, -0.2) is 0 Å². The van der Waals surface area contributed by atoms with Crippen molar-refractivity contribution in [3.63, 3.8) is 0 Å². The van der Waals surface area contributed by atoms with Crippen LogP contribution in [0.2, 0.25) is 0 Å². The molecule has 0 rings (SSSR count). The zero-order valence-electron chi connectivity index (χ0n) is 2.49. The Labute approximate surface area is 32.6 Å². The molecule has 0 heterocycles. The van der Waals surface area contributed by atoms with Gasteiger partial charge in [-0.3, -0.25) is 0 Å². The molecule has 0 radical (unpaired) electrons. The summed E-state index contributed by atoms with van der Waals surface area (Å²) in [5.41, 5.74) is 0. The van der Waals surface area contributed by atoms with Gasteiger partial charge in [0, 0.05) is 0 Å². The van der Waals surface area contributed by atoms with E-state index in [1.807, 2.05) is 0 Å². The first-order valence-electron chi connectivity index (χ1n) is 0.913. The number of rotatable bonds is 0. The summed E-state index contributed by atoms with van der Waals surface area (Å²) in [6.45, 7) is 0. The summed E-state index contributed by atoms with van der Waals surface area (Å²) < 4.78 is 43.3. The standard InChI is InChI=1S/Nb.5O. The Balaban J connectivity index is 7.45. The van der Waals surface area contributed by atoms with Crippen LogP contribution in [-0.2, 0) is 31.9 Å². The third kappa shape index (κ3) is 416. The van der Waals surface area contributed by atoms with Crippen LogP contribution in [0.5, 0.6) is 0 Å². The Morgan fingerprint density at radius 3 is 0.667 bits per heavy atom. The van der Waals surface area contributed by atoms with Crippen molar-refractivity contribution in [3.05, 3.63) is 0 Å². The van der Waals surface area contributed by atoms with Crippen LogP contribution in [0.3, 0.4) is 0 Å². The van der Waals surface area contributed by atoms with Crippen LogP contribution in [0, 0.1) is 0 Å². The maximum atomic E-state index is 8.66. The maximum absolute atomic E-state index is 8.66. The van der Waals surface area contributed by atoms with Gasteiger partial charge in [0.1, 0.15) is 0 Å². The molecule has 5 nitrogen and oxygen atoms in total. The predicted octanol–water partition coefficient (Wildman–Crippen LogP) is -0.597. The summed E-state index contributed by atoms with van der Waals surface area (Å²) >= 11 is -7.94. The van der Waals surface area contributed by atoms with Gasteiger partial charge in [0.25, 0.3) is 0 Å². The molecule has 0 N–H and O–H groups in total. The zero-order chi connectivity index (χ0) is 5.45. The minimum absolute atomic E-state index is 7.94. The molecule has 0 atom stereocenters. The van der Waals surface area contributed by atoms with Crippen LogP contribution >= 0.6 is 0 Å². The normalized spacial score (nSPS) is 10.0. The molecule has 6 heteroatoms. The van der Waals surface area contributed by atoms with E-state index in [9.17, 15) is 0 Å². The van der Waals surface area contributed by atoms with E-state index < -0.39 is 15.7 Å². The molecular weight excluding hydrogens is 173 g/mol. The van der Waals surface area contributed by atoms with Gasteiger partial charge in [-0.15, -0.1) is 0 Å². The molecule has 0 aliphatic heterocycles. The molecule has 0 spiro atoms. The summed E-state index contributed by atoms with van der Waals surface area (Å²) in [6.07, 6.45) is 0. The summed E-state index contributed by atoms with van der Waals surface area (Å²) in [7, 11) is 0. The second-order valence-electron chi connectivity index (χ2n) is 0.745. The second kappa shape index (κ2) is 0.699. The second-order valence-corrected chi connectivity index (χ2v) is 4.41. The van der Waals surface area contributed by atoms with E-state index in [0.29, 0.717) is 0 Å². The van der Waals surface area contributed by atoms with Gasteiger partial charge in [0.15, 0.2) is 0 Å². The van der Waals surface area contributed by atoms with Crippen LogP contribution in [0.1, 0.15) is 0 Å². The molecule has 0 saturated heterocycles. The summed E-state index contributed by atoms with van der Waals surface area (Å²) in [6, 6.07) is 0. The first-order chi connectivity index (χ1) is 2.24. The first-order valence-corrected chi connectivity index (χ1v) is 5.40. The molecule has 0 aliphatic carbocycles. The topological polar surface area (TPSA) is 85.3 Å². The van der Waals surface area contributed by atoms with Crippen molar-refractivity contribution in [3.8, 4) is 0 Å². The van der Waals surface area contributed by atoms with E-state index in [-0.39, 0.29) is 0 Å². The van der Waals surface area contributed by atoms with Gasteiger partial charge in [0.05, 0.1) is 0 Å². The van der Waals surface area contributed by atoms with E-state index in [0.717, 1.165) is 0 Å². The summed E-state index contributed by atoms with van der Waals surface area (Å²) in [5.74, 6) is 0. The Kier molecular flexibility index (Phi) is 0.669. The van der Waals surface area contributed by atoms with Gasteiger partial charge in [0.2, 0.25) is 0 Å². The van der Waals surface area contributed by atoms with Gasteiger partial charge in [-0.05, 0) is 0 Å². The van der Waals surface area contributed by atoms with E-state index in [2.05, 4.69) is 0 Å². The number of hydrogen-bond donors (Lipinski definition) is 0. The van der Waals surface area contributed by atoms with Crippen molar-refractivity contribution in [2.75, 3.05) is 0 Å². The van der Waals surface area contributed by atoms with Crippen molar-refractivity contribution >= 4 is 0 Å². The van der Waals surface area contributed by atoms with Gasteiger partial charge in [-0.1, -0.05) is 0 Å². The van der Waals surface area contributed by atoms with Crippen molar-refractivity contribution in [2.45, 2.75) is 0 Å². The minimum atomic E-state index is -7.94. The van der Waals surface area contributed by atoms with E-state index in [4.69, 9.17) is 16.3 Å². The molecule has 0 saturated carbocycles. The predicted molar refractivity (Wildman–Crippen MR) is 3.43 cm³/mol. The molecule has 0 aromatic heterocycles. The fraction of sp³-hybridized carbons (Fsp3) is 0. The summed E-state index contributed by atoms with van der Waals surface area (Å²) in [5, 5.41) is 0. The van der Waals surface area contributed by atoms with Crippen molar-refractivity contribution in [1.82, 2.24) is 0 Å². The average Bonchev–Trinajstić information content (AvgIpc) is 0.650. The Morgan fingerprint density at radius 1 is 0.667 bits per heavy atom. The van der Waals surface area contributed by atoms with E-state index in [1.165, 1.54) is 0 Å². The Morgan fingerprint density at radius 2 is 0.667 bits per heavy atom. The first kappa shape index (κ1) is 5.74. The molecule has 0 bridgehead atoms. The van der Waals surface area contributed by atoms with E-state index in [1.54, 1.807) is 0 Å². The molecule has 0 fully saturated rings. The molecule has 0 aromatic rings. The zero-order valence-corrected chi connectivity index (χ0v) is 4.69. The monoisotopic (exact) mass is 173 g/mol. The van der Waals surface area contributed by atoms with Crippen LogP contribution in [0.4, 0.5) is 0 Å². The Hall–Kier alpha value is -0.260. The molecule has 0 aliphatic rings. The van der Waals surface area contributed by atoms with E-state index >= 15 is 0 Å².